The Balaban J connectivity index is 1.69. The fourth-order valence-electron chi connectivity index (χ4n) is 7.16. The van der Waals surface area contributed by atoms with Crippen LogP contribution >= 0.6 is 0 Å². The lowest BCUT2D eigenvalue weighted by Crippen LogP contribution is -2.58. The van der Waals surface area contributed by atoms with Crippen LogP contribution in [0, 0.1) is 34.5 Å². The van der Waals surface area contributed by atoms with Crippen molar-refractivity contribution in [2.75, 3.05) is 0 Å². The fraction of sp³-hybridized carbons (Fsp3) is 0.900. The summed E-state index contributed by atoms with van der Waals surface area (Å²) in [4.78, 5) is 0. The summed E-state index contributed by atoms with van der Waals surface area (Å²) in [5, 5.41) is 11.0. The molecule has 4 saturated carbocycles. The van der Waals surface area contributed by atoms with E-state index < -0.39 is 0 Å². The van der Waals surface area contributed by atoms with Gasteiger partial charge >= 0.3 is 0 Å². The largest absolute Gasteiger partial charge is 0.393 e. The van der Waals surface area contributed by atoms with Gasteiger partial charge in [0.15, 0.2) is 0 Å². The molecule has 0 spiro atoms. The Labute approximate surface area is 135 Å². The number of hydrogen-bond donors (Lipinski definition) is 2. The van der Waals surface area contributed by atoms with Crippen molar-refractivity contribution in [3.05, 3.63) is 12.2 Å². The van der Waals surface area contributed by atoms with E-state index in [0.717, 1.165) is 12.8 Å². The molecule has 4 aliphatic carbocycles. The first-order valence-electron chi connectivity index (χ1n) is 9.48. The summed E-state index contributed by atoms with van der Waals surface area (Å²) in [5.41, 5.74) is 8.43. The van der Waals surface area contributed by atoms with Gasteiger partial charge in [-0.25, -0.2) is 0 Å². The van der Waals surface area contributed by atoms with Crippen molar-refractivity contribution in [3.8, 4) is 0 Å². The van der Waals surface area contributed by atoms with E-state index >= 15 is 0 Å². The molecule has 2 nitrogen and oxygen atoms in total. The zero-order valence-electron chi connectivity index (χ0n) is 14.4. The maximum atomic E-state index is 11.0. The molecule has 2 heteroatoms. The van der Waals surface area contributed by atoms with Crippen LogP contribution in [0.4, 0.5) is 0 Å². The van der Waals surface area contributed by atoms with E-state index in [4.69, 9.17) is 5.73 Å². The first-order valence-corrected chi connectivity index (χ1v) is 9.48. The molecule has 0 aromatic rings. The number of nitrogens with two attached hydrogens (primary N) is 1. The van der Waals surface area contributed by atoms with Gasteiger partial charge in [0, 0.05) is 6.04 Å². The summed E-state index contributed by atoms with van der Waals surface area (Å²) in [6.45, 7) is 9.34. The third-order valence-corrected chi connectivity index (χ3v) is 8.68. The van der Waals surface area contributed by atoms with E-state index in [9.17, 15) is 5.11 Å². The van der Waals surface area contributed by atoms with Crippen LogP contribution in [0.1, 0.15) is 65.2 Å². The Bertz CT molecular complexity index is 488. The second-order valence-corrected chi connectivity index (χ2v) is 9.43. The highest BCUT2D eigenvalue weighted by molar-refractivity contribution is 5.22. The van der Waals surface area contributed by atoms with Crippen LogP contribution in [-0.2, 0) is 0 Å². The Hall–Kier alpha value is -0.340. The lowest BCUT2D eigenvalue weighted by molar-refractivity contribution is -0.155. The van der Waals surface area contributed by atoms with Gasteiger partial charge in [-0.2, -0.15) is 0 Å². The summed E-state index contributed by atoms with van der Waals surface area (Å²) in [7, 11) is 0. The van der Waals surface area contributed by atoms with Crippen LogP contribution in [0.5, 0.6) is 0 Å². The predicted molar refractivity (Wildman–Crippen MR) is 90.2 cm³/mol. The van der Waals surface area contributed by atoms with Crippen LogP contribution < -0.4 is 5.73 Å². The minimum atomic E-state index is -0.108. The van der Waals surface area contributed by atoms with Crippen molar-refractivity contribution in [1.82, 2.24) is 0 Å². The standard InChI is InChI=1S/C20H33NO/c1-12-4-5-15-18-16(7-9-19(12,15)2)20(3)8-6-14(21)10-13(20)11-17(18)22/h13-18,22H,1,4-11,21H2,2-3H3/t13?,14?,15?,16?,17?,18?,19-,20+/m1/s1. The normalized spacial score (nSPS) is 57.9. The topological polar surface area (TPSA) is 46.2 Å². The summed E-state index contributed by atoms with van der Waals surface area (Å²) in [5.74, 6) is 2.52. The van der Waals surface area contributed by atoms with E-state index in [2.05, 4.69) is 20.4 Å². The second-order valence-electron chi connectivity index (χ2n) is 9.43. The van der Waals surface area contributed by atoms with E-state index in [0.29, 0.717) is 40.5 Å². The maximum absolute atomic E-state index is 11.0. The third-order valence-electron chi connectivity index (χ3n) is 8.68. The van der Waals surface area contributed by atoms with Crippen molar-refractivity contribution in [2.24, 2.45) is 40.2 Å². The van der Waals surface area contributed by atoms with Gasteiger partial charge in [-0.15, -0.1) is 0 Å². The number of aliphatic hydroxyl groups is 1. The highest BCUT2D eigenvalue weighted by Gasteiger charge is 2.61. The SMILES string of the molecule is C=C1CCC2C3C(O)CC4CC(N)CC[C@]4(C)C3CC[C@]12C. The number of rotatable bonds is 0. The predicted octanol–water partition coefficient (Wildman–Crippen LogP) is 3.88. The molecule has 8 atom stereocenters. The Morgan fingerprint density at radius 1 is 1.09 bits per heavy atom. The maximum Gasteiger partial charge on any atom is 0.0577 e. The van der Waals surface area contributed by atoms with Gasteiger partial charge in [-0.05, 0) is 85.9 Å². The molecule has 0 radical (unpaired) electrons. The van der Waals surface area contributed by atoms with Gasteiger partial charge in [-0.3, -0.25) is 0 Å². The first kappa shape index (κ1) is 15.2. The van der Waals surface area contributed by atoms with Crippen molar-refractivity contribution >= 4 is 0 Å². The number of aliphatic hydroxyl groups excluding tert-OH is 1. The molecule has 4 fully saturated rings. The molecular weight excluding hydrogens is 270 g/mol. The summed E-state index contributed by atoms with van der Waals surface area (Å²) in [6, 6.07) is 0.363. The fourth-order valence-corrected chi connectivity index (χ4v) is 7.16. The minimum absolute atomic E-state index is 0.108. The van der Waals surface area contributed by atoms with Crippen LogP contribution in [0.15, 0.2) is 12.2 Å². The van der Waals surface area contributed by atoms with Gasteiger partial charge in [0.05, 0.1) is 6.10 Å². The van der Waals surface area contributed by atoms with Crippen LogP contribution in [0.3, 0.4) is 0 Å². The van der Waals surface area contributed by atoms with Crippen LogP contribution in [0.25, 0.3) is 0 Å². The Morgan fingerprint density at radius 3 is 2.64 bits per heavy atom. The van der Waals surface area contributed by atoms with E-state index in [-0.39, 0.29) is 6.10 Å². The summed E-state index contributed by atoms with van der Waals surface area (Å²) < 4.78 is 0. The van der Waals surface area contributed by atoms with Crippen LogP contribution in [-0.4, -0.2) is 17.3 Å². The molecule has 4 rings (SSSR count). The quantitative estimate of drug-likeness (QED) is 0.667. The average molecular weight is 303 g/mol. The highest BCUT2D eigenvalue weighted by atomic mass is 16.3. The first-order chi connectivity index (χ1) is 10.4. The second kappa shape index (κ2) is 4.83. The third kappa shape index (κ3) is 1.86. The van der Waals surface area contributed by atoms with Gasteiger partial charge in [0.25, 0.3) is 0 Å². The monoisotopic (exact) mass is 303 g/mol. The van der Waals surface area contributed by atoms with E-state index in [1.54, 1.807) is 0 Å². The van der Waals surface area contributed by atoms with Crippen LogP contribution in [0.2, 0.25) is 0 Å². The minimum Gasteiger partial charge on any atom is -0.393 e. The molecule has 6 unspecified atom stereocenters. The summed E-state index contributed by atoms with van der Waals surface area (Å²) >= 11 is 0. The van der Waals surface area contributed by atoms with Crippen molar-refractivity contribution in [1.29, 1.82) is 0 Å². The number of fused-ring (bicyclic) bond motifs is 5. The van der Waals surface area contributed by atoms with E-state index in [1.165, 1.54) is 44.1 Å². The molecule has 4 aliphatic rings. The summed E-state index contributed by atoms with van der Waals surface area (Å²) in [6.07, 6.45) is 9.49. The van der Waals surface area contributed by atoms with Gasteiger partial charge < -0.3 is 10.8 Å². The smallest absolute Gasteiger partial charge is 0.0577 e. The molecule has 0 bridgehead atoms. The molecule has 0 saturated heterocycles. The zero-order chi connectivity index (χ0) is 15.7. The van der Waals surface area contributed by atoms with E-state index in [1.807, 2.05) is 0 Å². The average Bonchev–Trinajstić information content (AvgIpc) is 2.77. The molecule has 3 N–H and O–H groups in total. The molecule has 0 amide bonds. The molecular formula is C20H33NO. The van der Waals surface area contributed by atoms with Crippen molar-refractivity contribution in [3.63, 3.8) is 0 Å². The molecule has 22 heavy (non-hydrogen) atoms. The Kier molecular flexibility index (Phi) is 3.34. The Morgan fingerprint density at radius 2 is 1.86 bits per heavy atom. The molecule has 124 valence electrons. The van der Waals surface area contributed by atoms with Gasteiger partial charge in [0.2, 0.25) is 0 Å². The van der Waals surface area contributed by atoms with Gasteiger partial charge in [-0.1, -0.05) is 26.0 Å². The molecule has 0 aromatic carbocycles. The lowest BCUT2D eigenvalue weighted by Gasteiger charge is -2.62. The molecule has 0 aromatic heterocycles. The highest BCUT2D eigenvalue weighted by Crippen LogP contribution is 2.66. The van der Waals surface area contributed by atoms with Crippen molar-refractivity contribution in [2.45, 2.75) is 77.4 Å². The molecule has 0 aliphatic heterocycles. The number of hydrogen-bond acceptors (Lipinski definition) is 2. The number of allylic oxidation sites excluding steroid dienone is 1. The van der Waals surface area contributed by atoms with Crippen molar-refractivity contribution < 1.29 is 5.11 Å². The lowest BCUT2D eigenvalue weighted by atomic mass is 9.44. The molecule has 0 heterocycles. The zero-order valence-corrected chi connectivity index (χ0v) is 14.4. The van der Waals surface area contributed by atoms with Gasteiger partial charge in [0.1, 0.15) is 0 Å².